The second kappa shape index (κ2) is 8.53. The van der Waals surface area contributed by atoms with Crippen LogP contribution in [0.2, 0.25) is 0 Å². The fraction of sp³-hybridized carbons (Fsp3) is 0.417. The number of hydrogen-bond donors (Lipinski definition) is 3. The first kappa shape index (κ1) is 19.0. The number of carbonyl (C=O) groups excluding carboxylic acids is 1. The third kappa shape index (κ3) is 5.90. The average Bonchev–Trinajstić information content (AvgIpc) is 2.51. The van der Waals surface area contributed by atoms with E-state index in [1.165, 1.54) is 25.3 Å². The molecule has 11 heteroatoms. The molecular formula is C12H18N4O6S. The monoisotopic (exact) mass is 346 g/mol. The van der Waals surface area contributed by atoms with Crippen molar-refractivity contribution in [1.29, 1.82) is 0 Å². The standard InChI is InChI=1S/C12H18N4O6S/c1-22-8-11(13)12(17)14-5-6-15-23(20,21)10-4-2-3-9(7-10)16(18)19/h2-4,7,11,15H,5-6,8,13H2,1H3,(H,14,17). The van der Waals surface area contributed by atoms with Crippen LogP contribution < -0.4 is 15.8 Å². The van der Waals surface area contributed by atoms with Gasteiger partial charge in [0.15, 0.2) is 0 Å². The molecule has 10 nitrogen and oxygen atoms in total. The Morgan fingerprint density at radius 2 is 2.13 bits per heavy atom. The molecule has 1 atom stereocenters. The molecule has 4 N–H and O–H groups in total. The van der Waals surface area contributed by atoms with E-state index in [2.05, 4.69) is 10.0 Å². The van der Waals surface area contributed by atoms with Crippen molar-refractivity contribution in [1.82, 2.24) is 10.0 Å². The first-order valence-corrected chi connectivity index (χ1v) is 8.02. The molecule has 1 rings (SSSR count). The molecule has 0 fully saturated rings. The highest BCUT2D eigenvalue weighted by Crippen LogP contribution is 2.16. The van der Waals surface area contributed by atoms with Crippen LogP contribution in [0, 0.1) is 10.1 Å². The smallest absolute Gasteiger partial charge is 0.270 e. The van der Waals surface area contributed by atoms with Crippen LogP contribution in [0.1, 0.15) is 0 Å². The summed E-state index contributed by atoms with van der Waals surface area (Å²) in [5.41, 5.74) is 5.17. The molecule has 0 heterocycles. The zero-order valence-electron chi connectivity index (χ0n) is 12.4. The second-order valence-electron chi connectivity index (χ2n) is 4.51. The van der Waals surface area contributed by atoms with Gasteiger partial charge in [0.1, 0.15) is 6.04 Å². The van der Waals surface area contributed by atoms with Crippen LogP contribution in [0.3, 0.4) is 0 Å². The third-order valence-electron chi connectivity index (χ3n) is 2.74. The number of benzene rings is 1. The number of sulfonamides is 1. The lowest BCUT2D eigenvalue weighted by Gasteiger charge is -2.11. The molecule has 1 amide bonds. The second-order valence-corrected chi connectivity index (χ2v) is 6.27. The number of ether oxygens (including phenoxy) is 1. The number of nitro benzene ring substituents is 1. The van der Waals surface area contributed by atoms with Gasteiger partial charge in [-0.25, -0.2) is 13.1 Å². The van der Waals surface area contributed by atoms with E-state index in [4.69, 9.17) is 10.5 Å². The first-order valence-electron chi connectivity index (χ1n) is 6.54. The van der Waals surface area contributed by atoms with E-state index in [1.54, 1.807) is 0 Å². The Morgan fingerprint density at radius 3 is 2.74 bits per heavy atom. The summed E-state index contributed by atoms with van der Waals surface area (Å²) in [4.78, 5) is 21.2. The van der Waals surface area contributed by atoms with Crippen LogP contribution in [0.4, 0.5) is 5.69 Å². The summed E-state index contributed by atoms with van der Waals surface area (Å²) in [6, 6.07) is 3.82. The largest absolute Gasteiger partial charge is 0.383 e. The summed E-state index contributed by atoms with van der Waals surface area (Å²) in [6.45, 7) is -0.0217. The Kier molecular flexibility index (Phi) is 7.03. The summed E-state index contributed by atoms with van der Waals surface area (Å²) in [5.74, 6) is -0.471. The predicted molar refractivity (Wildman–Crippen MR) is 81.1 cm³/mol. The number of nitro groups is 1. The SMILES string of the molecule is COCC(N)C(=O)NCCNS(=O)(=O)c1cccc([N+](=O)[O-])c1. The summed E-state index contributed by atoms with van der Waals surface area (Å²) >= 11 is 0. The normalized spacial score (nSPS) is 12.6. The van der Waals surface area contributed by atoms with E-state index in [1.807, 2.05) is 0 Å². The quantitative estimate of drug-likeness (QED) is 0.293. The van der Waals surface area contributed by atoms with E-state index in [-0.39, 0.29) is 30.3 Å². The molecule has 0 aliphatic carbocycles. The van der Waals surface area contributed by atoms with Crippen LogP contribution in [0.5, 0.6) is 0 Å². The van der Waals surface area contributed by atoms with Crippen molar-refractivity contribution in [3.63, 3.8) is 0 Å². The van der Waals surface area contributed by atoms with Crippen LogP contribution in [-0.2, 0) is 19.6 Å². The van der Waals surface area contributed by atoms with Gasteiger partial charge in [0.25, 0.3) is 5.69 Å². The molecule has 0 aromatic heterocycles. The third-order valence-corrected chi connectivity index (χ3v) is 4.20. The molecule has 1 unspecified atom stereocenters. The Balaban J connectivity index is 2.55. The number of hydrogen-bond acceptors (Lipinski definition) is 7. The highest BCUT2D eigenvalue weighted by molar-refractivity contribution is 7.89. The number of nitrogens with one attached hydrogen (secondary N) is 2. The number of nitrogens with two attached hydrogens (primary N) is 1. The van der Waals surface area contributed by atoms with Crippen molar-refractivity contribution >= 4 is 21.6 Å². The average molecular weight is 346 g/mol. The molecule has 0 aliphatic rings. The van der Waals surface area contributed by atoms with Gasteiger partial charge in [0.05, 0.1) is 16.4 Å². The zero-order valence-corrected chi connectivity index (χ0v) is 13.2. The van der Waals surface area contributed by atoms with Gasteiger partial charge in [0.2, 0.25) is 15.9 Å². The summed E-state index contributed by atoms with van der Waals surface area (Å²) < 4.78 is 30.9. The summed E-state index contributed by atoms with van der Waals surface area (Å²) in [5, 5.41) is 13.1. The highest BCUT2D eigenvalue weighted by Gasteiger charge is 2.17. The molecule has 0 saturated carbocycles. The molecule has 0 aliphatic heterocycles. The van der Waals surface area contributed by atoms with E-state index < -0.39 is 26.9 Å². The lowest BCUT2D eigenvalue weighted by atomic mass is 10.3. The maximum Gasteiger partial charge on any atom is 0.270 e. The number of non-ortho nitro benzene ring substituents is 1. The lowest BCUT2D eigenvalue weighted by molar-refractivity contribution is -0.385. The molecule has 0 radical (unpaired) electrons. The van der Waals surface area contributed by atoms with E-state index in [0.29, 0.717) is 0 Å². The summed E-state index contributed by atoms with van der Waals surface area (Å²) in [6.07, 6.45) is 0. The Morgan fingerprint density at radius 1 is 1.43 bits per heavy atom. The van der Waals surface area contributed by atoms with Crippen LogP contribution >= 0.6 is 0 Å². The molecule has 23 heavy (non-hydrogen) atoms. The van der Waals surface area contributed by atoms with Crippen molar-refractivity contribution in [2.45, 2.75) is 10.9 Å². The van der Waals surface area contributed by atoms with Gasteiger partial charge >= 0.3 is 0 Å². The molecule has 1 aromatic carbocycles. The van der Waals surface area contributed by atoms with Gasteiger partial charge in [-0.05, 0) is 6.07 Å². The van der Waals surface area contributed by atoms with Crippen LogP contribution in [-0.4, -0.2) is 52.1 Å². The van der Waals surface area contributed by atoms with Crippen LogP contribution in [0.25, 0.3) is 0 Å². The molecule has 0 saturated heterocycles. The van der Waals surface area contributed by atoms with Gasteiger partial charge in [-0.15, -0.1) is 0 Å². The van der Waals surface area contributed by atoms with Gasteiger partial charge in [-0.2, -0.15) is 0 Å². The number of nitrogens with zero attached hydrogens (tertiary/aromatic N) is 1. The fourth-order valence-electron chi connectivity index (χ4n) is 1.61. The molecule has 128 valence electrons. The van der Waals surface area contributed by atoms with E-state index >= 15 is 0 Å². The van der Waals surface area contributed by atoms with Crippen molar-refractivity contribution in [2.75, 3.05) is 26.8 Å². The molecule has 0 spiro atoms. The molecule has 1 aromatic rings. The lowest BCUT2D eigenvalue weighted by Crippen LogP contribution is -2.45. The minimum Gasteiger partial charge on any atom is -0.383 e. The number of carbonyl (C=O) groups is 1. The first-order chi connectivity index (χ1) is 10.8. The van der Waals surface area contributed by atoms with E-state index in [0.717, 1.165) is 6.07 Å². The number of amides is 1. The maximum atomic E-state index is 12.0. The van der Waals surface area contributed by atoms with Gasteiger partial charge in [-0.3, -0.25) is 14.9 Å². The minimum absolute atomic E-state index is 0.0183. The molecule has 0 bridgehead atoms. The fourth-order valence-corrected chi connectivity index (χ4v) is 2.68. The predicted octanol–water partition coefficient (Wildman–Crippen LogP) is -1.04. The minimum atomic E-state index is -3.91. The van der Waals surface area contributed by atoms with Crippen molar-refractivity contribution in [3.8, 4) is 0 Å². The summed E-state index contributed by atoms with van der Waals surface area (Å²) in [7, 11) is -2.50. The van der Waals surface area contributed by atoms with Crippen molar-refractivity contribution in [2.24, 2.45) is 5.73 Å². The topological polar surface area (TPSA) is 154 Å². The van der Waals surface area contributed by atoms with Crippen LogP contribution in [0.15, 0.2) is 29.2 Å². The van der Waals surface area contributed by atoms with Gasteiger partial charge in [-0.1, -0.05) is 6.07 Å². The highest BCUT2D eigenvalue weighted by atomic mass is 32.2. The Labute approximate surface area is 133 Å². The van der Waals surface area contributed by atoms with Gasteiger partial charge < -0.3 is 15.8 Å². The zero-order chi connectivity index (χ0) is 17.5. The number of rotatable bonds is 9. The van der Waals surface area contributed by atoms with Gasteiger partial charge in [0, 0.05) is 32.3 Å². The van der Waals surface area contributed by atoms with Crippen molar-refractivity contribution < 1.29 is 22.9 Å². The Hall–Kier alpha value is -2.08. The van der Waals surface area contributed by atoms with E-state index in [9.17, 15) is 23.3 Å². The molecular weight excluding hydrogens is 328 g/mol. The maximum absolute atomic E-state index is 12.0. The van der Waals surface area contributed by atoms with Crippen molar-refractivity contribution in [3.05, 3.63) is 34.4 Å². The Bertz CT molecular complexity index is 663. The number of methoxy groups -OCH3 is 1.